The van der Waals surface area contributed by atoms with Gasteiger partial charge in [0.1, 0.15) is 12.3 Å². The molecule has 0 spiro atoms. The molecule has 0 fully saturated rings. The van der Waals surface area contributed by atoms with E-state index in [-0.39, 0.29) is 30.4 Å². The fourth-order valence-corrected chi connectivity index (χ4v) is 5.64. The largest absolute Gasteiger partial charge is 0.494 e. The molecule has 1 aliphatic rings. The van der Waals surface area contributed by atoms with Crippen LogP contribution in [0, 0.1) is 6.92 Å². The van der Waals surface area contributed by atoms with E-state index in [0.29, 0.717) is 18.7 Å². The molecule has 2 amide bonds. The molecular weight excluding hydrogens is 468 g/mol. The molecule has 2 aromatic carbocycles. The Morgan fingerprint density at radius 2 is 1.83 bits per heavy atom. The monoisotopic (exact) mass is 504 g/mol. The highest BCUT2D eigenvalue weighted by Gasteiger charge is 2.35. The normalized spacial score (nSPS) is 15.0. The van der Waals surface area contributed by atoms with Crippen LogP contribution in [0.15, 0.2) is 60.0 Å². The molecule has 0 bridgehead atoms. The highest BCUT2D eigenvalue weighted by Crippen LogP contribution is 2.39. The molecule has 3 aromatic rings. The Morgan fingerprint density at radius 1 is 1.08 bits per heavy atom. The first-order valence-corrected chi connectivity index (χ1v) is 13.7. The molecule has 4 rings (SSSR count). The van der Waals surface area contributed by atoms with Crippen LogP contribution in [0.5, 0.6) is 5.75 Å². The summed E-state index contributed by atoms with van der Waals surface area (Å²) in [6.45, 7) is 9.50. The van der Waals surface area contributed by atoms with Crippen molar-refractivity contribution in [2.45, 2.75) is 59.0 Å². The van der Waals surface area contributed by atoms with E-state index in [4.69, 9.17) is 4.74 Å². The maximum absolute atomic E-state index is 13.8. The van der Waals surface area contributed by atoms with Crippen LogP contribution in [0.4, 0.5) is 0 Å². The number of carbonyl (C=O) groups is 2. The van der Waals surface area contributed by atoms with E-state index >= 15 is 0 Å². The third-order valence-electron chi connectivity index (χ3n) is 6.83. The van der Waals surface area contributed by atoms with Crippen molar-refractivity contribution in [2.75, 3.05) is 19.7 Å². The standard InChI is InChI=1S/C30H36N2O3S/c1-5-6-18-35-24-13-11-23(12-14-24)30(34)32(21(2)3)20-28(33)31-17-15-27-26(16-19-36-27)29(31)25-10-8-7-9-22(25)4/h7-14,16,19,21,29H,5-6,15,17-18,20H2,1-4H3. The quantitative estimate of drug-likeness (QED) is 0.323. The fourth-order valence-electron chi connectivity index (χ4n) is 4.73. The summed E-state index contributed by atoms with van der Waals surface area (Å²) in [5.41, 5.74) is 4.08. The van der Waals surface area contributed by atoms with E-state index in [0.717, 1.165) is 36.1 Å². The van der Waals surface area contributed by atoms with Crippen molar-refractivity contribution >= 4 is 23.2 Å². The lowest BCUT2D eigenvalue weighted by Crippen LogP contribution is -2.48. The Hall–Kier alpha value is -3.12. The van der Waals surface area contributed by atoms with Crippen LogP contribution in [0.25, 0.3) is 0 Å². The van der Waals surface area contributed by atoms with Crippen LogP contribution >= 0.6 is 11.3 Å². The highest BCUT2D eigenvalue weighted by molar-refractivity contribution is 7.10. The molecule has 5 nitrogen and oxygen atoms in total. The van der Waals surface area contributed by atoms with Gasteiger partial charge in [-0.1, -0.05) is 37.6 Å². The third-order valence-corrected chi connectivity index (χ3v) is 7.82. The van der Waals surface area contributed by atoms with E-state index in [1.54, 1.807) is 28.4 Å². The van der Waals surface area contributed by atoms with Gasteiger partial charge in [-0.05, 0) is 86.0 Å². The maximum Gasteiger partial charge on any atom is 0.254 e. The molecule has 1 aromatic heterocycles. The number of unbranched alkanes of at least 4 members (excludes halogenated alkanes) is 1. The maximum atomic E-state index is 13.8. The van der Waals surface area contributed by atoms with Gasteiger partial charge in [0.25, 0.3) is 5.91 Å². The number of carbonyl (C=O) groups excluding carboxylic acids is 2. The van der Waals surface area contributed by atoms with E-state index in [9.17, 15) is 9.59 Å². The fraction of sp³-hybridized carbons (Fsp3) is 0.400. The summed E-state index contributed by atoms with van der Waals surface area (Å²) in [5.74, 6) is 0.592. The average Bonchev–Trinajstić information content (AvgIpc) is 3.36. The van der Waals surface area contributed by atoms with E-state index in [1.807, 2.05) is 43.0 Å². The zero-order valence-corrected chi connectivity index (χ0v) is 22.5. The van der Waals surface area contributed by atoms with E-state index in [2.05, 4.69) is 37.4 Å². The molecule has 1 atom stereocenters. The van der Waals surface area contributed by atoms with Gasteiger partial charge < -0.3 is 14.5 Å². The zero-order chi connectivity index (χ0) is 25.7. The average molecular weight is 505 g/mol. The van der Waals surface area contributed by atoms with E-state index in [1.165, 1.54) is 10.4 Å². The van der Waals surface area contributed by atoms with Crippen LogP contribution < -0.4 is 4.74 Å². The number of aryl methyl sites for hydroxylation is 1. The van der Waals surface area contributed by atoms with Crippen LogP contribution in [0.3, 0.4) is 0 Å². The number of benzene rings is 2. The zero-order valence-electron chi connectivity index (χ0n) is 21.7. The van der Waals surface area contributed by atoms with Crippen molar-refractivity contribution in [3.05, 3.63) is 87.1 Å². The Labute approximate surface area is 218 Å². The van der Waals surface area contributed by atoms with Crippen molar-refractivity contribution in [1.29, 1.82) is 0 Å². The number of fused-ring (bicyclic) bond motifs is 1. The SMILES string of the molecule is CCCCOc1ccc(C(=O)N(CC(=O)N2CCc3sccc3C2c2ccccc2C)C(C)C)cc1. The van der Waals surface area contributed by atoms with Gasteiger partial charge in [0.15, 0.2) is 0 Å². The summed E-state index contributed by atoms with van der Waals surface area (Å²) in [4.78, 5) is 32.2. The number of hydrogen-bond donors (Lipinski definition) is 0. The van der Waals surface area contributed by atoms with Crippen molar-refractivity contribution in [3.8, 4) is 5.75 Å². The number of amides is 2. The summed E-state index contributed by atoms with van der Waals surface area (Å²) < 4.78 is 5.73. The Kier molecular flexibility index (Phi) is 8.47. The summed E-state index contributed by atoms with van der Waals surface area (Å²) in [5, 5.41) is 2.11. The van der Waals surface area contributed by atoms with E-state index < -0.39 is 0 Å². The van der Waals surface area contributed by atoms with Crippen molar-refractivity contribution < 1.29 is 14.3 Å². The summed E-state index contributed by atoms with van der Waals surface area (Å²) in [7, 11) is 0. The molecule has 190 valence electrons. The van der Waals surface area contributed by atoms with Gasteiger partial charge in [-0.2, -0.15) is 0 Å². The van der Waals surface area contributed by atoms with Gasteiger partial charge >= 0.3 is 0 Å². The van der Waals surface area contributed by atoms with Gasteiger partial charge in [-0.15, -0.1) is 11.3 Å². The second-order valence-electron chi connectivity index (χ2n) is 9.65. The first-order chi connectivity index (χ1) is 17.4. The minimum absolute atomic E-state index is 0.0262. The van der Waals surface area contributed by atoms with Gasteiger partial charge in [0.2, 0.25) is 5.91 Å². The molecule has 0 radical (unpaired) electrons. The molecule has 0 aliphatic carbocycles. The minimum atomic E-state index is -0.140. The predicted octanol–water partition coefficient (Wildman–Crippen LogP) is 6.26. The number of ether oxygens (including phenoxy) is 1. The summed E-state index contributed by atoms with van der Waals surface area (Å²) in [6.07, 6.45) is 2.91. The van der Waals surface area contributed by atoms with Crippen molar-refractivity contribution in [2.24, 2.45) is 0 Å². The third kappa shape index (κ3) is 5.65. The first-order valence-electron chi connectivity index (χ1n) is 12.9. The Balaban J connectivity index is 1.54. The molecule has 36 heavy (non-hydrogen) atoms. The lowest BCUT2D eigenvalue weighted by molar-refractivity contribution is -0.134. The second kappa shape index (κ2) is 11.7. The van der Waals surface area contributed by atoms with Gasteiger partial charge in [0, 0.05) is 23.0 Å². The van der Waals surface area contributed by atoms with Gasteiger partial charge in [-0.25, -0.2) is 0 Å². The number of nitrogens with zero attached hydrogens (tertiary/aromatic N) is 2. The molecule has 1 unspecified atom stereocenters. The molecule has 1 aliphatic heterocycles. The smallest absolute Gasteiger partial charge is 0.254 e. The predicted molar refractivity (Wildman–Crippen MR) is 146 cm³/mol. The summed E-state index contributed by atoms with van der Waals surface area (Å²) in [6, 6.07) is 17.4. The number of rotatable bonds is 9. The minimum Gasteiger partial charge on any atom is -0.494 e. The highest BCUT2D eigenvalue weighted by atomic mass is 32.1. The Morgan fingerprint density at radius 3 is 2.53 bits per heavy atom. The molecule has 2 heterocycles. The summed E-state index contributed by atoms with van der Waals surface area (Å²) >= 11 is 1.76. The lowest BCUT2D eigenvalue weighted by Gasteiger charge is -2.38. The molecule has 0 saturated carbocycles. The first kappa shape index (κ1) is 26.0. The molecule has 0 N–H and O–H groups in total. The number of hydrogen-bond acceptors (Lipinski definition) is 4. The molecular formula is C30H36N2O3S. The van der Waals surface area contributed by atoms with Crippen molar-refractivity contribution in [1.82, 2.24) is 9.80 Å². The van der Waals surface area contributed by atoms with Crippen LogP contribution in [-0.4, -0.2) is 47.4 Å². The van der Waals surface area contributed by atoms with Crippen LogP contribution in [0.2, 0.25) is 0 Å². The van der Waals surface area contributed by atoms with Gasteiger partial charge in [-0.3, -0.25) is 9.59 Å². The second-order valence-corrected chi connectivity index (χ2v) is 10.6. The van der Waals surface area contributed by atoms with Crippen molar-refractivity contribution in [3.63, 3.8) is 0 Å². The topological polar surface area (TPSA) is 49.9 Å². The van der Waals surface area contributed by atoms with Crippen LogP contribution in [-0.2, 0) is 11.2 Å². The lowest BCUT2D eigenvalue weighted by atomic mass is 9.90. The molecule has 0 saturated heterocycles. The Bertz CT molecular complexity index is 1180. The molecule has 6 heteroatoms. The van der Waals surface area contributed by atoms with Crippen LogP contribution in [0.1, 0.15) is 71.6 Å². The van der Waals surface area contributed by atoms with Gasteiger partial charge in [0.05, 0.1) is 12.6 Å². The number of thiophene rings is 1.